The van der Waals surface area contributed by atoms with E-state index in [1.807, 2.05) is 0 Å². The fourth-order valence-electron chi connectivity index (χ4n) is 5.38. The number of Topliss-reactive ketones (excluding diaryl/α,β-unsaturated/α-hetero) is 1. The minimum atomic E-state index is -1.90. The molecule has 0 heterocycles. The standard InChI is InChI=1S/C22H38O2Si/c1-7-8-9-10-12-17-15-21(24-25(5,6)20(2,3)4)16-19(23)22(21)14-11-13-18(17)22/h15,18H,7-14,16H2,1-6H3/t18-,21-,22-/m1/s1. The van der Waals surface area contributed by atoms with Crippen LogP contribution in [0, 0.1) is 11.3 Å². The summed E-state index contributed by atoms with van der Waals surface area (Å²) in [7, 11) is -1.90. The van der Waals surface area contributed by atoms with E-state index in [1.54, 1.807) is 5.57 Å². The van der Waals surface area contributed by atoms with Crippen molar-refractivity contribution in [3.05, 3.63) is 11.6 Å². The maximum Gasteiger partial charge on any atom is 0.193 e. The molecule has 0 aromatic carbocycles. The molecule has 0 aliphatic heterocycles. The molecule has 0 aromatic rings. The van der Waals surface area contributed by atoms with Crippen LogP contribution in [0.1, 0.15) is 85.5 Å². The van der Waals surface area contributed by atoms with Gasteiger partial charge in [0.25, 0.3) is 0 Å². The lowest BCUT2D eigenvalue weighted by molar-refractivity contribution is -0.168. The molecule has 25 heavy (non-hydrogen) atoms. The van der Waals surface area contributed by atoms with Crippen LogP contribution in [-0.2, 0) is 9.22 Å². The summed E-state index contributed by atoms with van der Waals surface area (Å²) in [5.41, 5.74) is 1.13. The van der Waals surface area contributed by atoms with E-state index < -0.39 is 8.32 Å². The predicted molar refractivity (Wildman–Crippen MR) is 107 cm³/mol. The summed E-state index contributed by atoms with van der Waals surface area (Å²) >= 11 is 0. The maximum atomic E-state index is 12.9. The number of hydrogen-bond acceptors (Lipinski definition) is 2. The van der Waals surface area contributed by atoms with Gasteiger partial charge in [-0.05, 0) is 49.7 Å². The van der Waals surface area contributed by atoms with Crippen molar-refractivity contribution in [2.45, 2.75) is 109 Å². The SMILES string of the molecule is CCCCCCC1=C[C@@]2(O[Si](C)(C)C(C)(C)C)CC(=O)[C@]23CCC[C@H]13. The fourth-order valence-corrected chi connectivity index (χ4v) is 6.91. The van der Waals surface area contributed by atoms with Gasteiger partial charge < -0.3 is 4.43 Å². The zero-order valence-electron chi connectivity index (χ0n) is 17.3. The molecule has 0 radical (unpaired) electrons. The van der Waals surface area contributed by atoms with E-state index in [0.717, 1.165) is 6.42 Å². The topological polar surface area (TPSA) is 26.3 Å². The van der Waals surface area contributed by atoms with Gasteiger partial charge >= 0.3 is 0 Å². The lowest BCUT2D eigenvalue weighted by Crippen LogP contribution is -2.67. The van der Waals surface area contributed by atoms with Crippen molar-refractivity contribution in [2.24, 2.45) is 11.3 Å². The lowest BCUT2D eigenvalue weighted by Gasteiger charge is -2.57. The van der Waals surface area contributed by atoms with Crippen molar-refractivity contribution in [2.75, 3.05) is 0 Å². The molecule has 3 aliphatic carbocycles. The summed E-state index contributed by atoms with van der Waals surface area (Å²) < 4.78 is 7.02. The number of allylic oxidation sites excluding steroid dienone is 1. The van der Waals surface area contributed by atoms with Gasteiger partial charge in [0.2, 0.25) is 0 Å². The van der Waals surface area contributed by atoms with Gasteiger partial charge in [-0.2, -0.15) is 0 Å². The highest BCUT2D eigenvalue weighted by Crippen LogP contribution is 2.69. The van der Waals surface area contributed by atoms with E-state index in [1.165, 1.54) is 44.9 Å². The van der Waals surface area contributed by atoms with Gasteiger partial charge in [-0.1, -0.05) is 65.0 Å². The molecule has 0 saturated heterocycles. The van der Waals surface area contributed by atoms with Crippen LogP contribution in [0.5, 0.6) is 0 Å². The summed E-state index contributed by atoms with van der Waals surface area (Å²) in [6.45, 7) is 13.9. The van der Waals surface area contributed by atoms with Gasteiger partial charge in [0.1, 0.15) is 5.78 Å². The Labute approximate surface area is 155 Å². The van der Waals surface area contributed by atoms with Gasteiger partial charge in [-0.15, -0.1) is 0 Å². The van der Waals surface area contributed by atoms with Crippen molar-refractivity contribution >= 4 is 14.1 Å². The summed E-state index contributed by atoms with van der Waals surface area (Å²) in [4.78, 5) is 12.9. The smallest absolute Gasteiger partial charge is 0.193 e. The molecule has 2 saturated carbocycles. The van der Waals surface area contributed by atoms with E-state index in [-0.39, 0.29) is 16.1 Å². The average molecular weight is 363 g/mol. The Bertz CT molecular complexity index is 571. The molecule has 0 unspecified atom stereocenters. The highest BCUT2D eigenvalue weighted by molar-refractivity contribution is 6.74. The molecule has 3 rings (SSSR count). The van der Waals surface area contributed by atoms with Crippen molar-refractivity contribution in [3.63, 3.8) is 0 Å². The third kappa shape index (κ3) is 2.81. The number of unbranched alkanes of at least 4 members (excludes halogenated alkanes) is 3. The zero-order chi connectivity index (χ0) is 18.5. The Hall–Kier alpha value is -0.413. The molecule has 0 aromatic heterocycles. The highest BCUT2D eigenvalue weighted by Gasteiger charge is 2.74. The summed E-state index contributed by atoms with van der Waals surface area (Å²) in [5, 5.41) is 0.188. The maximum absolute atomic E-state index is 12.9. The number of carbonyl (C=O) groups is 1. The van der Waals surface area contributed by atoms with Crippen LogP contribution in [0.25, 0.3) is 0 Å². The Morgan fingerprint density at radius 3 is 2.56 bits per heavy atom. The molecule has 0 N–H and O–H groups in total. The van der Waals surface area contributed by atoms with Gasteiger partial charge in [-0.25, -0.2) is 0 Å². The second-order valence-electron chi connectivity index (χ2n) is 10.3. The first-order valence-corrected chi connectivity index (χ1v) is 13.5. The average Bonchev–Trinajstić information content (AvgIpc) is 3.02. The first-order chi connectivity index (χ1) is 11.6. The molecule has 0 amide bonds. The van der Waals surface area contributed by atoms with Crippen LogP contribution in [0.3, 0.4) is 0 Å². The Kier molecular flexibility index (Phi) is 4.90. The molecule has 1 spiro atoms. The molecular formula is C22H38O2Si. The van der Waals surface area contributed by atoms with Crippen LogP contribution < -0.4 is 0 Å². The lowest BCUT2D eigenvalue weighted by atomic mass is 9.54. The second kappa shape index (κ2) is 6.33. The predicted octanol–water partition coefficient (Wildman–Crippen LogP) is 6.42. The first kappa shape index (κ1) is 19.4. The van der Waals surface area contributed by atoms with E-state index in [4.69, 9.17) is 4.43 Å². The molecule has 2 fully saturated rings. The van der Waals surface area contributed by atoms with E-state index >= 15 is 0 Å². The minimum absolute atomic E-state index is 0.178. The molecule has 3 aliphatic rings. The third-order valence-corrected chi connectivity index (χ3v) is 12.3. The first-order valence-electron chi connectivity index (χ1n) is 10.5. The van der Waals surface area contributed by atoms with E-state index in [2.05, 4.69) is 46.9 Å². The largest absolute Gasteiger partial charge is 0.406 e. The minimum Gasteiger partial charge on any atom is -0.406 e. The van der Waals surface area contributed by atoms with Crippen LogP contribution in [0.2, 0.25) is 18.1 Å². The van der Waals surface area contributed by atoms with Crippen LogP contribution in [0.4, 0.5) is 0 Å². The monoisotopic (exact) mass is 362 g/mol. The van der Waals surface area contributed by atoms with E-state index in [0.29, 0.717) is 18.1 Å². The van der Waals surface area contributed by atoms with Crippen molar-refractivity contribution < 1.29 is 9.22 Å². The van der Waals surface area contributed by atoms with Crippen molar-refractivity contribution in [1.82, 2.24) is 0 Å². The fraction of sp³-hybridized carbons (Fsp3) is 0.864. The number of carbonyl (C=O) groups excluding carboxylic acids is 1. The molecular weight excluding hydrogens is 324 g/mol. The van der Waals surface area contributed by atoms with Crippen LogP contribution in [0.15, 0.2) is 11.6 Å². The molecule has 3 heteroatoms. The van der Waals surface area contributed by atoms with Crippen molar-refractivity contribution in [3.8, 4) is 0 Å². The van der Waals surface area contributed by atoms with E-state index in [9.17, 15) is 4.79 Å². The Morgan fingerprint density at radius 1 is 1.24 bits per heavy atom. The van der Waals surface area contributed by atoms with Gasteiger partial charge in [-0.3, -0.25) is 4.79 Å². The van der Waals surface area contributed by atoms with Crippen LogP contribution in [-0.4, -0.2) is 19.7 Å². The third-order valence-electron chi connectivity index (χ3n) is 7.76. The Balaban J connectivity index is 1.86. The van der Waals surface area contributed by atoms with Gasteiger partial charge in [0.15, 0.2) is 8.32 Å². The van der Waals surface area contributed by atoms with Gasteiger partial charge in [0.05, 0.1) is 11.0 Å². The van der Waals surface area contributed by atoms with Gasteiger partial charge in [0, 0.05) is 6.42 Å². The summed E-state index contributed by atoms with van der Waals surface area (Å²) in [6, 6.07) is 0. The molecule has 2 nitrogen and oxygen atoms in total. The Morgan fingerprint density at radius 2 is 1.96 bits per heavy atom. The normalized spacial score (nSPS) is 34.6. The molecule has 142 valence electrons. The van der Waals surface area contributed by atoms with Crippen LogP contribution >= 0.6 is 0 Å². The quantitative estimate of drug-likeness (QED) is 0.297. The summed E-state index contributed by atoms with van der Waals surface area (Å²) in [6.07, 6.45) is 12.9. The number of ketones is 1. The zero-order valence-corrected chi connectivity index (χ0v) is 18.3. The number of hydrogen-bond donors (Lipinski definition) is 0. The summed E-state index contributed by atoms with van der Waals surface area (Å²) in [5.74, 6) is 0.980. The highest BCUT2D eigenvalue weighted by atomic mass is 28.4. The number of rotatable bonds is 7. The second-order valence-corrected chi connectivity index (χ2v) is 15.0. The van der Waals surface area contributed by atoms with Crippen molar-refractivity contribution in [1.29, 1.82) is 0 Å². The molecule has 3 atom stereocenters. The molecule has 0 bridgehead atoms.